The van der Waals surface area contributed by atoms with Crippen LogP contribution in [0.15, 0.2) is 42.5 Å². The van der Waals surface area contributed by atoms with Crippen molar-refractivity contribution in [2.75, 3.05) is 30.3 Å². The number of nitrogens with one attached hydrogen (secondary N) is 1. The lowest BCUT2D eigenvalue weighted by atomic mass is 9.76. The molecule has 3 heterocycles. The number of anilines is 2. The van der Waals surface area contributed by atoms with E-state index in [4.69, 9.17) is 26.8 Å². The van der Waals surface area contributed by atoms with Crippen molar-refractivity contribution in [1.82, 2.24) is 15.3 Å². The Balaban J connectivity index is 1.42. The fourth-order valence-corrected chi connectivity index (χ4v) is 5.96. The third-order valence-corrected chi connectivity index (χ3v) is 8.19. The summed E-state index contributed by atoms with van der Waals surface area (Å²) < 4.78 is 69.6. The van der Waals surface area contributed by atoms with Gasteiger partial charge in [0, 0.05) is 36.3 Å². The number of hydrogen-bond donors (Lipinski definition) is 3. The van der Waals surface area contributed by atoms with Gasteiger partial charge in [-0.2, -0.15) is 23.1 Å². The molecule has 44 heavy (non-hydrogen) atoms. The maximum atomic E-state index is 14.9. The Morgan fingerprint density at radius 3 is 2.48 bits per heavy atom. The van der Waals surface area contributed by atoms with Crippen LogP contribution in [0, 0.1) is 11.2 Å². The lowest BCUT2D eigenvalue weighted by molar-refractivity contribution is -0.198. The summed E-state index contributed by atoms with van der Waals surface area (Å²) in [6.07, 6.45) is -5.88. The molecule has 2 aromatic carbocycles. The van der Waals surface area contributed by atoms with Crippen molar-refractivity contribution in [3.8, 4) is 22.8 Å². The molecule has 1 unspecified atom stereocenters. The number of nitrogens with zero attached hydrogens (tertiary/aromatic N) is 3. The Labute approximate surface area is 256 Å². The molecule has 9 nitrogen and oxygen atoms in total. The van der Waals surface area contributed by atoms with Gasteiger partial charge in [0.2, 0.25) is 17.9 Å². The molecule has 0 amide bonds. The number of ether oxygens (including phenoxy) is 2. The molecule has 0 radical (unpaired) electrons. The van der Waals surface area contributed by atoms with E-state index in [9.17, 15) is 27.5 Å². The summed E-state index contributed by atoms with van der Waals surface area (Å²) >= 11 is 6.17. The van der Waals surface area contributed by atoms with Gasteiger partial charge in [0.15, 0.2) is 11.6 Å². The molecule has 1 spiro atoms. The molecule has 0 saturated carbocycles. The van der Waals surface area contributed by atoms with E-state index in [1.807, 2.05) is 4.90 Å². The Bertz CT molecular complexity index is 1530. The molecule has 3 aromatic rings. The van der Waals surface area contributed by atoms with Gasteiger partial charge < -0.3 is 30.5 Å². The Morgan fingerprint density at radius 1 is 1.14 bits per heavy atom. The van der Waals surface area contributed by atoms with Crippen molar-refractivity contribution >= 4 is 29.3 Å². The molecule has 2 fully saturated rings. The zero-order chi connectivity index (χ0) is 31.8. The van der Waals surface area contributed by atoms with Crippen LogP contribution < -0.4 is 25.4 Å². The average molecular weight is 638 g/mol. The molecule has 2 aliphatic heterocycles. The monoisotopic (exact) mass is 637 g/mol. The first-order valence-corrected chi connectivity index (χ1v) is 14.5. The predicted octanol–water partition coefficient (Wildman–Crippen LogP) is 6.02. The highest BCUT2D eigenvalue weighted by Gasteiger charge is 2.46. The number of nitrogens with two attached hydrogens (primary N) is 1. The number of carboxylic acids is 1. The smallest absolute Gasteiger partial charge is 0.429 e. The molecule has 2 atom stereocenters. The topological polar surface area (TPSA) is 123 Å². The zero-order valence-corrected chi connectivity index (χ0v) is 24.8. The number of carbonyl (C=O) groups is 1. The zero-order valence-electron chi connectivity index (χ0n) is 24.0. The minimum Gasteiger partial charge on any atom is -0.488 e. The third kappa shape index (κ3) is 6.94. The highest BCUT2D eigenvalue weighted by atomic mass is 35.5. The van der Waals surface area contributed by atoms with Crippen molar-refractivity contribution in [2.45, 2.75) is 57.5 Å². The molecule has 2 aliphatic rings. The molecule has 1 aromatic heterocycles. The molecule has 4 N–H and O–H groups in total. The van der Waals surface area contributed by atoms with Crippen molar-refractivity contribution in [3.63, 3.8) is 0 Å². The lowest BCUT2D eigenvalue weighted by Crippen LogP contribution is -2.41. The van der Waals surface area contributed by atoms with E-state index in [1.165, 1.54) is 36.4 Å². The first-order valence-electron chi connectivity index (χ1n) is 14.1. The van der Waals surface area contributed by atoms with Crippen molar-refractivity contribution in [1.29, 1.82) is 0 Å². The highest BCUT2D eigenvalue weighted by molar-refractivity contribution is 6.30. The van der Waals surface area contributed by atoms with E-state index in [-0.39, 0.29) is 44.9 Å². The average Bonchev–Trinajstić information content (AvgIpc) is 3.36. The van der Waals surface area contributed by atoms with Crippen LogP contribution in [0.25, 0.3) is 11.1 Å². The van der Waals surface area contributed by atoms with Gasteiger partial charge in [-0.1, -0.05) is 23.7 Å². The van der Waals surface area contributed by atoms with Crippen LogP contribution >= 0.6 is 11.6 Å². The number of aliphatic carboxylic acids is 1. The fraction of sp³-hybridized carbons (Fsp3) is 0.433. The van der Waals surface area contributed by atoms with Crippen molar-refractivity contribution < 1.29 is 36.9 Å². The second kappa shape index (κ2) is 12.3. The SMILES string of the molecule is CC(C)Oc1ccc(-c2cc(Cl)ccc2[C@@H](Oc2cc(N3CCC4(CC3)CNC(C(=O)O)C4)nc(N)n2)C(F)(F)F)cc1F. The Kier molecular flexibility index (Phi) is 8.81. The Hall–Kier alpha value is -3.84. The largest absolute Gasteiger partial charge is 0.488 e. The standard InChI is InChI=1S/C30H32ClF4N5O4/c1-16(2)43-23-6-3-17(11-21(23)32)20-12-18(31)4-5-19(20)26(30(33,34)35)44-25-13-24(38-28(36)39-25)40-9-7-29(8-10-40)14-22(27(41)42)37-15-29/h3-6,11-13,16,22,26,37H,7-10,14-15H2,1-2H3,(H,41,42)(H2,36,38,39)/t22?,26-/m1/s1. The van der Waals surface area contributed by atoms with Crippen molar-refractivity contribution in [2.24, 2.45) is 5.41 Å². The summed E-state index contributed by atoms with van der Waals surface area (Å²) in [5.74, 6) is -2.03. The summed E-state index contributed by atoms with van der Waals surface area (Å²) in [6, 6.07) is 8.38. The molecule has 236 valence electrons. The van der Waals surface area contributed by atoms with Crippen LogP contribution in [-0.4, -0.2) is 59.0 Å². The molecule has 5 rings (SSSR count). The number of rotatable bonds is 8. The molecule has 0 bridgehead atoms. The normalized spacial score (nSPS) is 18.9. The third-order valence-electron chi connectivity index (χ3n) is 7.95. The van der Waals surface area contributed by atoms with Gasteiger partial charge >= 0.3 is 12.1 Å². The summed E-state index contributed by atoms with van der Waals surface area (Å²) in [5, 5.41) is 12.5. The minimum absolute atomic E-state index is 0.0169. The lowest BCUT2D eigenvalue weighted by Gasteiger charge is -2.39. The predicted molar refractivity (Wildman–Crippen MR) is 156 cm³/mol. The molecule has 0 aliphatic carbocycles. The molecular weight excluding hydrogens is 606 g/mol. The van der Waals surface area contributed by atoms with Gasteiger partial charge in [-0.3, -0.25) is 4.79 Å². The molecular formula is C30H32ClF4N5O4. The van der Waals surface area contributed by atoms with E-state index in [0.717, 1.165) is 6.07 Å². The van der Waals surface area contributed by atoms with Crippen LogP contribution in [0.5, 0.6) is 11.6 Å². The van der Waals surface area contributed by atoms with E-state index in [0.29, 0.717) is 44.7 Å². The molecule has 14 heteroatoms. The number of benzene rings is 2. The number of nitrogen functional groups attached to an aromatic ring is 1. The van der Waals surface area contributed by atoms with E-state index in [2.05, 4.69) is 15.3 Å². The van der Waals surface area contributed by atoms with Gasteiger partial charge in [-0.15, -0.1) is 0 Å². The number of aromatic nitrogens is 2. The fourth-order valence-electron chi connectivity index (χ4n) is 5.79. The first kappa shape index (κ1) is 31.6. The Morgan fingerprint density at radius 2 is 1.86 bits per heavy atom. The van der Waals surface area contributed by atoms with Gasteiger partial charge in [0.25, 0.3) is 0 Å². The number of carboxylic acid groups (broad SMARTS) is 1. The highest BCUT2D eigenvalue weighted by Crippen LogP contribution is 2.44. The number of piperidine rings is 1. The number of hydrogen-bond acceptors (Lipinski definition) is 8. The van der Waals surface area contributed by atoms with Crippen LogP contribution in [-0.2, 0) is 4.79 Å². The quantitative estimate of drug-likeness (QED) is 0.254. The first-order chi connectivity index (χ1) is 20.7. The van der Waals surface area contributed by atoms with E-state index < -0.39 is 36.0 Å². The van der Waals surface area contributed by atoms with E-state index in [1.54, 1.807) is 13.8 Å². The second-order valence-corrected chi connectivity index (χ2v) is 11.9. The van der Waals surface area contributed by atoms with E-state index >= 15 is 0 Å². The van der Waals surface area contributed by atoms with Crippen LogP contribution in [0.4, 0.5) is 29.3 Å². The van der Waals surface area contributed by atoms with Crippen LogP contribution in [0.2, 0.25) is 5.02 Å². The summed E-state index contributed by atoms with van der Waals surface area (Å²) in [6.45, 7) is 5.02. The van der Waals surface area contributed by atoms with Gasteiger partial charge in [0.1, 0.15) is 11.9 Å². The molecule has 2 saturated heterocycles. The van der Waals surface area contributed by atoms with Crippen LogP contribution in [0.1, 0.15) is 44.8 Å². The maximum Gasteiger partial charge on any atom is 0.429 e. The number of halogens is 5. The summed E-state index contributed by atoms with van der Waals surface area (Å²) in [5.41, 5.74) is 5.58. The van der Waals surface area contributed by atoms with Crippen LogP contribution in [0.3, 0.4) is 0 Å². The summed E-state index contributed by atoms with van der Waals surface area (Å²) in [7, 11) is 0. The van der Waals surface area contributed by atoms with Gasteiger partial charge in [0.05, 0.1) is 6.10 Å². The second-order valence-electron chi connectivity index (χ2n) is 11.5. The van der Waals surface area contributed by atoms with Gasteiger partial charge in [-0.05, 0) is 73.9 Å². The van der Waals surface area contributed by atoms with Gasteiger partial charge in [-0.25, -0.2) is 4.39 Å². The maximum absolute atomic E-state index is 14.9. The number of alkyl halides is 3. The van der Waals surface area contributed by atoms with Crippen molar-refractivity contribution in [3.05, 3.63) is 58.9 Å². The minimum atomic E-state index is -4.91. The summed E-state index contributed by atoms with van der Waals surface area (Å²) in [4.78, 5) is 21.4.